The molecule has 7 heteroatoms. The molecule has 6 nitrogen and oxygen atoms in total. The van der Waals surface area contributed by atoms with Crippen molar-refractivity contribution in [2.24, 2.45) is 0 Å². The van der Waals surface area contributed by atoms with E-state index >= 15 is 0 Å². The van der Waals surface area contributed by atoms with E-state index in [1.54, 1.807) is 18.2 Å². The minimum atomic E-state index is -0.0866. The predicted molar refractivity (Wildman–Crippen MR) is 98.7 cm³/mol. The van der Waals surface area contributed by atoms with E-state index in [2.05, 4.69) is 22.1 Å². The molecule has 0 aliphatic rings. The van der Waals surface area contributed by atoms with Crippen molar-refractivity contribution >= 4 is 23.5 Å². The molecule has 0 bridgehead atoms. The van der Waals surface area contributed by atoms with Gasteiger partial charge in [-0.05, 0) is 19.4 Å². The number of Topliss-reactive ketones (excluding diaryl/α,β-unsaturated/α-hetero) is 1. The number of aromatic nitrogens is 3. The van der Waals surface area contributed by atoms with Crippen LogP contribution in [0.25, 0.3) is 0 Å². The molecule has 2 aromatic rings. The molecule has 1 unspecified atom stereocenters. The number of rotatable bonds is 8. The van der Waals surface area contributed by atoms with Crippen LogP contribution >= 0.6 is 11.8 Å². The van der Waals surface area contributed by atoms with Crippen molar-refractivity contribution < 1.29 is 9.59 Å². The zero-order valence-electron chi connectivity index (χ0n) is 14.7. The summed E-state index contributed by atoms with van der Waals surface area (Å²) >= 11 is 1.36. The molecule has 1 aromatic heterocycles. The highest BCUT2D eigenvalue weighted by Crippen LogP contribution is 2.19. The Morgan fingerprint density at radius 1 is 1.32 bits per heavy atom. The Balaban J connectivity index is 1.99. The molecule has 0 spiro atoms. The summed E-state index contributed by atoms with van der Waals surface area (Å²) in [6.07, 6.45) is 1.78. The molecule has 2 rings (SSSR count). The van der Waals surface area contributed by atoms with Crippen LogP contribution in [0.15, 0.2) is 42.1 Å². The maximum atomic E-state index is 12.4. The topological polar surface area (TPSA) is 76.9 Å². The van der Waals surface area contributed by atoms with Gasteiger partial charge in [-0.15, -0.1) is 16.8 Å². The average Bonchev–Trinajstić information content (AvgIpc) is 2.93. The van der Waals surface area contributed by atoms with Gasteiger partial charge in [0.2, 0.25) is 5.91 Å². The van der Waals surface area contributed by atoms with Crippen molar-refractivity contribution in [1.82, 2.24) is 20.1 Å². The lowest BCUT2D eigenvalue weighted by atomic mass is 10.0. The zero-order valence-corrected chi connectivity index (χ0v) is 15.5. The smallest absolute Gasteiger partial charge is 0.217 e. The van der Waals surface area contributed by atoms with Crippen LogP contribution < -0.4 is 5.32 Å². The minimum absolute atomic E-state index is 0.0227. The first kappa shape index (κ1) is 18.9. The molecule has 0 saturated carbocycles. The molecular weight excluding hydrogens is 336 g/mol. The van der Waals surface area contributed by atoms with Gasteiger partial charge in [-0.1, -0.05) is 42.1 Å². The summed E-state index contributed by atoms with van der Waals surface area (Å²) in [4.78, 5) is 23.5. The largest absolute Gasteiger partial charge is 0.350 e. The Kier molecular flexibility index (Phi) is 6.52. The molecule has 1 heterocycles. The Hall–Kier alpha value is -2.41. The fourth-order valence-electron chi connectivity index (χ4n) is 2.37. The normalized spacial score (nSPS) is 11.8. The van der Waals surface area contributed by atoms with Gasteiger partial charge >= 0.3 is 0 Å². The van der Waals surface area contributed by atoms with Crippen molar-refractivity contribution in [1.29, 1.82) is 0 Å². The van der Waals surface area contributed by atoms with Crippen molar-refractivity contribution in [2.45, 2.75) is 38.5 Å². The molecule has 0 fully saturated rings. The first-order valence-corrected chi connectivity index (χ1v) is 8.94. The summed E-state index contributed by atoms with van der Waals surface area (Å²) in [5, 5.41) is 11.7. The second-order valence-electron chi connectivity index (χ2n) is 5.69. The molecule has 0 saturated heterocycles. The Labute approximate surface area is 151 Å². The average molecular weight is 358 g/mol. The predicted octanol–water partition coefficient (Wildman–Crippen LogP) is 2.94. The van der Waals surface area contributed by atoms with Gasteiger partial charge in [0, 0.05) is 19.0 Å². The molecule has 0 radical (unpaired) electrons. The Bertz CT molecular complexity index is 768. The van der Waals surface area contributed by atoms with E-state index in [4.69, 9.17) is 0 Å². The summed E-state index contributed by atoms with van der Waals surface area (Å²) in [6.45, 7) is 9.60. The Morgan fingerprint density at radius 3 is 2.60 bits per heavy atom. The van der Waals surface area contributed by atoms with Crippen LogP contribution in [-0.2, 0) is 11.3 Å². The summed E-state index contributed by atoms with van der Waals surface area (Å²) in [7, 11) is 0. The number of carbonyl (C=O) groups excluding carboxylic acids is 2. The number of nitrogens with one attached hydrogen (secondary N) is 1. The third-order valence-electron chi connectivity index (χ3n) is 3.70. The summed E-state index contributed by atoms with van der Waals surface area (Å²) < 4.78 is 1.92. The number of ketones is 1. The van der Waals surface area contributed by atoms with Gasteiger partial charge in [0.05, 0.1) is 11.8 Å². The van der Waals surface area contributed by atoms with E-state index in [0.717, 1.165) is 11.4 Å². The number of benzene rings is 1. The van der Waals surface area contributed by atoms with Gasteiger partial charge < -0.3 is 9.88 Å². The minimum Gasteiger partial charge on any atom is -0.350 e. The van der Waals surface area contributed by atoms with Crippen LogP contribution in [0.4, 0.5) is 0 Å². The van der Waals surface area contributed by atoms with Gasteiger partial charge in [-0.2, -0.15) is 0 Å². The van der Waals surface area contributed by atoms with Crippen LogP contribution in [0.2, 0.25) is 0 Å². The van der Waals surface area contributed by atoms with Crippen molar-refractivity contribution in [3.8, 4) is 0 Å². The number of hydrogen-bond donors (Lipinski definition) is 1. The Morgan fingerprint density at radius 2 is 2.00 bits per heavy atom. The lowest BCUT2D eigenvalue weighted by molar-refractivity contribution is -0.119. The van der Waals surface area contributed by atoms with Crippen molar-refractivity contribution in [3.05, 3.63) is 53.9 Å². The SMILES string of the molecule is C=CCn1c(C)nnc1SCC(=O)c1ccc(C(C)NC(C)=O)cc1. The van der Waals surface area contributed by atoms with Gasteiger partial charge in [-0.3, -0.25) is 9.59 Å². The molecule has 1 atom stereocenters. The van der Waals surface area contributed by atoms with Crippen LogP contribution in [0, 0.1) is 6.92 Å². The third-order valence-corrected chi connectivity index (χ3v) is 4.67. The number of thioether (sulfide) groups is 1. The van der Waals surface area contributed by atoms with Crippen LogP contribution in [0.3, 0.4) is 0 Å². The van der Waals surface area contributed by atoms with Gasteiger partial charge in [0.15, 0.2) is 10.9 Å². The fraction of sp³-hybridized carbons (Fsp3) is 0.333. The van der Waals surface area contributed by atoms with Gasteiger partial charge in [-0.25, -0.2) is 0 Å². The molecule has 132 valence electrons. The van der Waals surface area contributed by atoms with Crippen molar-refractivity contribution in [2.75, 3.05) is 5.75 Å². The molecule has 1 aromatic carbocycles. The van der Waals surface area contributed by atoms with Gasteiger partial charge in [0.25, 0.3) is 0 Å². The van der Waals surface area contributed by atoms with Crippen LogP contribution in [0.1, 0.15) is 41.6 Å². The lowest BCUT2D eigenvalue weighted by Crippen LogP contribution is -2.23. The summed E-state index contributed by atoms with van der Waals surface area (Å²) in [5.41, 5.74) is 1.60. The monoisotopic (exact) mass is 358 g/mol. The number of amides is 1. The summed E-state index contributed by atoms with van der Waals surface area (Å²) in [5.74, 6) is 1.03. The highest BCUT2D eigenvalue weighted by atomic mass is 32.2. The third kappa shape index (κ3) is 5.03. The molecule has 1 N–H and O–H groups in total. The highest BCUT2D eigenvalue weighted by Gasteiger charge is 2.13. The standard InChI is InChI=1S/C18H22N4O2S/c1-5-10-22-13(3)20-21-18(22)25-11-17(24)16-8-6-15(7-9-16)12(2)19-14(4)23/h5-9,12H,1,10-11H2,2-4H3,(H,19,23). The second-order valence-corrected chi connectivity index (χ2v) is 6.63. The summed E-state index contributed by atoms with van der Waals surface area (Å²) in [6, 6.07) is 7.22. The molecule has 0 aliphatic heterocycles. The van der Waals surface area contributed by atoms with E-state index < -0.39 is 0 Å². The number of carbonyl (C=O) groups is 2. The highest BCUT2D eigenvalue weighted by molar-refractivity contribution is 7.99. The second kappa shape index (κ2) is 8.62. The maximum Gasteiger partial charge on any atom is 0.217 e. The number of allylic oxidation sites excluding steroid dienone is 1. The number of hydrogen-bond acceptors (Lipinski definition) is 5. The van der Waals surface area contributed by atoms with E-state index in [0.29, 0.717) is 17.3 Å². The molecule has 25 heavy (non-hydrogen) atoms. The number of nitrogens with zero attached hydrogens (tertiary/aromatic N) is 3. The van der Waals surface area contributed by atoms with E-state index in [1.807, 2.05) is 30.5 Å². The number of aryl methyl sites for hydroxylation is 1. The molecule has 0 aliphatic carbocycles. The van der Waals surface area contributed by atoms with E-state index in [1.165, 1.54) is 18.7 Å². The first-order chi connectivity index (χ1) is 11.9. The lowest BCUT2D eigenvalue weighted by Gasteiger charge is -2.13. The van der Waals surface area contributed by atoms with Gasteiger partial charge in [0.1, 0.15) is 5.82 Å². The maximum absolute atomic E-state index is 12.4. The van der Waals surface area contributed by atoms with Crippen LogP contribution in [-0.4, -0.2) is 32.2 Å². The first-order valence-electron chi connectivity index (χ1n) is 7.96. The zero-order chi connectivity index (χ0) is 18.4. The van der Waals surface area contributed by atoms with E-state index in [9.17, 15) is 9.59 Å². The fourth-order valence-corrected chi connectivity index (χ4v) is 3.25. The molecular formula is C18H22N4O2S. The molecule has 1 amide bonds. The van der Waals surface area contributed by atoms with E-state index in [-0.39, 0.29) is 23.5 Å². The quantitative estimate of drug-likeness (QED) is 0.446. The van der Waals surface area contributed by atoms with Crippen LogP contribution in [0.5, 0.6) is 0 Å². The van der Waals surface area contributed by atoms with Crippen molar-refractivity contribution in [3.63, 3.8) is 0 Å².